The van der Waals surface area contributed by atoms with E-state index in [0.717, 1.165) is 25.7 Å². The maximum atomic E-state index is 11.0. The SMILES string of the molecule is CCCCC/C=C/[C@@H](O)[C@@H](N)COC1CC(CO)C(OC2CC(CO)C(OC3CC(CO)C(O)C(O)C3O)C(O)C2O)C(O)C1O. The summed E-state index contributed by atoms with van der Waals surface area (Å²) in [5.74, 6) is -2.40. The van der Waals surface area contributed by atoms with Crippen LogP contribution in [0.15, 0.2) is 12.2 Å². The first kappa shape index (κ1) is 39.6. The molecule has 0 heterocycles. The predicted octanol–water partition coefficient (Wildman–Crippen LogP) is -3.73. The highest BCUT2D eigenvalue weighted by atomic mass is 16.6. The largest absolute Gasteiger partial charge is 0.396 e. The smallest absolute Gasteiger partial charge is 0.109 e. The van der Waals surface area contributed by atoms with Gasteiger partial charge in [-0.15, -0.1) is 0 Å². The van der Waals surface area contributed by atoms with E-state index in [1.54, 1.807) is 6.08 Å². The number of aliphatic hydroxyl groups excluding tert-OH is 11. The molecule has 3 rings (SSSR count). The van der Waals surface area contributed by atoms with Crippen molar-refractivity contribution in [3.63, 3.8) is 0 Å². The Labute approximate surface area is 269 Å². The van der Waals surface area contributed by atoms with Gasteiger partial charge in [-0.3, -0.25) is 0 Å². The summed E-state index contributed by atoms with van der Waals surface area (Å²) in [5.41, 5.74) is 6.06. The quantitative estimate of drug-likeness (QED) is 0.0557. The summed E-state index contributed by atoms with van der Waals surface area (Å²) in [6.45, 7) is 0.488. The molecule has 0 aromatic rings. The molecule has 0 saturated heterocycles. The van der Waals surface area contributed by atoms with Gasteiger partial charge in [0, 0.05) is 37.6 Å². The second-order valence-electron chi connectivity index (χ2n) is 13.2. The molecule has 17 atom stereocenters. The fourth-order valence-corrected chi connectivity index (χ4v) is 6.80. The lowest BCUT2D eigenvalue weighted by Gasteiger charge is -2.48. The molecular weight excluding hydrogens is 610 g/mol. The van der Waals surface area contributed by atoms with Crippen molar-refractivity contribution < 1.29 is 70.4 Å². The number of unbranched alkanes of at least 4 members (excludes halogenated alkanes) is 3. The topological polar surface area (TPSA) is 276 Å². The molecule has 3 saturated carbocycles. The van der Waals surface area contributed by atoms with Crippen molar-refractivity contribution in [3.05, 3.63) is 12.2 Å². The molecule has 0 bridgehead atoms. The molecule has 0 aliphatic heterocycles. The van der Waals surface area contributed by atoms with Crippen LogP contribution in [0.2, 0.25) is 0 Å². The minimum absolute atomic E-state index is 0.0510. The average Bonchev–Trinajstić information content (AvgIpc) is 3.05. The fourth-order valence-electron chi connectivity index (χ4n) is 6.80. The van der Waals surface area contributed by atoms with Crippen molar-refractivity contribution in [3.8, 4) is 0 Å². The fraction of sp³-hybridized carbons (Fsp3) is 0.935. The summed E-state index contributed by atoms with van der Waals surface area (Å²) >= 11 is 0. The molecule has 13 N–H and O–H groups in total. The molecule has 15 unspecified atom stereocenters. The minimum Gasteiger partial charge on any atom is -0.396 e. The highest BCUT2D eigenvalue weighted by molar-refractivity contribution is 5.01. The standard InChI is InChI=1S/C31H57NO14/c1-2-3-4-5-6-7-19(36)18(32)14-44-20-9-16(12-34)30(28(42)24(20)38)46-22-10-17(13-35)31(29(43)26(22)40)45-21-8-15(11-33)23(37)27(41)25(21)39/h6-7,15-31,33-43H,2-5,8-14,32H2,1H3/b7-6+/t15?,16?,17?,18-,19+,20?,21?,22?,23?,24?,25?,26?,27?,28?,29?,30?,31?/m0/s1. The Morgan fingerprint density at radius 2 is 1.13 bits per heavy atom. The van der Waals surface area contributed by atoms with E-state index in [1.807, 2.05) is 6.08 Å². The highest BCUT2D eigenvalue weighted by Gasteiger charge is 2.52. The molecule has 0 spiro atoms. The molecule has 15 nitrogen and oxygen atoms in total. The second kappa shape index (κ2) is 18.8. The Morgan fingerprint density at radius 1 is 0.652 bits per heavy atom. The second-order valence-corrected chi connectivity index (χ2v) is 13.2. The minimum atomic E-state index is -1.65. The molecule has 270 valence electrons. The van der Waals surface area contributed by atoms with Crippen LogP contribution in [0.25, 0.3) is 0 Å². The predicted molar refractivity (Wildman–Crippen MR) is 162 cm³/mol. The van der Waals surface area contributed by atoms with Gasteiger partial charge in [0.25, 0.3) is 0 Å². The van der Waals surface area contributed by atoms with Gasteiger partial charge in [0.15, 0.2) is 0 Å². The van der Waals surface area contributed by atoms with E-state index < -0.39 is 123 Å². The van der Waals surface area contributed by atoms with Crippen LogP contribution in [0.5, 0.6) is 0 Å². The van der Waals surface area contributed by atoms with Crippen LogP contribution in [0.1, 0.15) is 51.9 Å². The molecule has 15 heteroatoms. The van der Waals surface area contributed by atoms with Crippen LogP contribution in [0, 0.1) is 17.8 Å². The van der Waals surface area contributed by atoms with E-state index in [2.05, 4.69) is 6.92 Å². The van der Waals surface area contributed by atoms with Gasteiger partial charge in [0.2, 0.25) is 0 Å². The number of rotatable bonds is 16. The van der Waals surface area contributed by atoms with Gasteiger partial charge < -0.3 is 76.1 Å². The third kappa shape index (κ3) is 9.64. The van der Waals surface area contributed by atoms with E-state index in [9.17, 15) is 56.2 Å². The number of hydrogen-bond acceptors (Lipinski definition) is 15. The average molecular weight is 668 g/mol. The lowest BCUT2D eigenvalue weighted by atomic mass is 9.78. The third-order valence-electron chi connectivity index (χ3n) is 9.85. The van der Waals surface area contributed by atoms with E-state index in [4.69, 9.17) is 19.9 Å². The molecule has 3 aliphatic carbocycles. The van der Waals surface area contributed by atoms with Gasteiger partial charge in [-0.1, -0.05) is 31.9 Å². The first-order valence-electron chi connectivity index (χ1n) is 16.5. The maximum absolute atomic E-state index is 11.0. The number of nitrogens with two attached hydrogens (primary N) is 1. The molecule has 0 radical (unpaired) electrons. The van der Waals surface area contributed by atoms with Crippen molar-refractivity contribution in [2.24, 2.45) is 23.5 Å². The van der Waals surface area contributed by atoms with Gasteiger partial charge in [-0.2, -0.15) is 0 Å². The summed E-state index contributed by atoms with van der Waals surface area (Å²) in [6.07, 6.45) is -10.1. The van der Waals surface area contributed by atoms with Crippen molar-refractivity contribution in [1.29, 1.82) is 0 Å². The lowest BCUT2D eigenvalue weighted by molar-refractivity contribution is -0.262. The molecule has 0 amide bonds. The van der Waals surface area contributed by atoms with Gasteiger partial charge in [-0.25, -0.2) is 0 Å². The number of aliphatic hydroxyl groups is 11. The van der Waals surface area contributed by atoms with Crippen LogP contribution in [-0.4, -0.2) is 168 Å². The number of hydrogen-bond donors (Lipinski definition) is 12. The van der Waals surface area contributed by atoms with Gasteiger partial charge >= 0.3 is 0 Å². The highest BCUT2D eigenvalue weighted by Crippen LogP contribution is 2.38. The van der Waals surface area contributed by atoms with Crippen LogP contribution in [0.3, 0.4) is 0 Å². The zero-order chi connectivity index (χ0) is 34.1. The number of ether oxygens (including phenoxy) is 3. The van der Waals surface area contributed by atoms with Crippen LogP contribution in [0.4, 0.5) is 0 Å². The van der Waals surface area contributed by atoms with Crippen molar-refractivity contribution in [2.75, 3.05) is 26.4 Å². The van der Waals surface area contributed by atoms with Gasteiger partial charge in [0.05, 0.1) is 55.4 Å². The van der Waals surface area contributed by atoms with Gasteiger partial charge in [-0.05, 0) is 32.1 Å². The number of allylic oxidation sites excluding steroid dienone is 1. The first-order valence-corrected chi connectivity index (χ1v) is 16.5. The van der Waals surface area contributed by atoms with Crippen molar-refractivity contribution in [2.45, 2.75) is 137 Å². The summed E-state index contributed by atoms with van der Waals surface area (Å²) < 4.78 is 17.6. The molecule has 0 aromatic carbocycles. The van der Waals surface area contributed by atoms with E-state index in [0.29, 0.717) is 0 Å². The van der Waals surface area contributed by atoms with Crippen molar-refractivity contribution in [1.82, 2.24) is 0 Å². The third-order valence-corrected chi connectivity index (χ3v) is 9.85. The Morgan fingerprint density at radius 3 is 1.65 bits per heavy atom. The van der Waals surface area contributed by atoms with Crippen molar-refractivity contribution >= 4 is 0 Å². The monoisotopic (exact) mass is 667 g/mol. The van der Waals surface area contributed by atoms with Crippen LogP contribution >= 0.6 is 0 Å². The van der Waals surface area contributed by atoms with Crippen LogP contribution < -0.4 is 5.73 Å². The first-order chi connectivity index (χ1) is 21.9. The summed E-state index contributed by atoms with van der Waals surface area (Å²) in [7, 11) is 0. The zero-order valence-corrected chi connectivity index (χ0v) is 26.5. The van der Waals surface area contributed by atoms with E-state index in [-0.39, 0.29) is 25.9 Å². The Hall–Kier alpha value is -0.860. The van der Waals surface area contributed by atoms with E-state index in [1.165, 1.54) is 0 Å². The zero-order valence-electron chi connectivity index (χ0n) is 26.5. The summed E-state index contributed by atoms with van der Waals surface area (Å²) in [6, 6.07) is -0.796. The normalized spacial score (nSPS) is 43.5. The summed E-state index contributed by atoms with van der Waals surface area (Å²) in [5, 5.41) is 115. The lowest BCUT2D eigenvalue weighted by Crippen LogP contribution is -2.63. The van der Waals surface area contributed by atoms with Crippen LogP contribution in [-0.2, 0) is 14.2 Å². The molecular formula is C31H57NO14. The molecule has 3 aliphatic rings. The Kier molecular flexibility index (Phi) is 16.2. The van der Waals surface area contributed by atoms with E-state index >= 15 is 0 Å². The molecule has 3 fully saturated rings. The molecule has 46 heavy (non-hydrogen) atoms. The Balaban J connectivity index is 1.60. The maximum Gasteiger partial charge on any atom is 0.109 e. The molecule has 0 aromatic heterocycles. The Bertz CT molecular complexity index is 895. The summed E-state index contributed by atoms with van der Waals surface area (Å²) in [4.78, 5) is 0. The van der Waals surface area contributed by atoms with Gasteiger partial charge in [0.1, 0.15) is 36.6 Å².